The molecule has 0 spiro atoms. The number of nitrogens with two attached hydrogens (primary N) is 2. The van der Waals surface area contributed by atoms with Crippen LogP contribution in [0.15, 0.2) is 42.5 Å². The van der Waals surface area contributed by atoms with Crippen LogP contribution in [0.3, 0.4) is 0 Å². The zero-order valence-electron chi connectivity index (χ0n) is 15.0. The number of carbonyl (C=O) groups excluding carboxylic acids is 2. The number of rotatable bonds is 6. The average molecular weight is 453 g/mol. The Labute approximate surface area is 179 Å². The number of hydrogen-bond donors (Lipinski definition) is 2. The summed E-state index contributed by atoms with van der Waals surface area (Å²) in [4.78, 5) is 30.6. The van der Waals surface area contributed by atoms with E-state index in [4.69, 9.17) is 34.7 Å². The molecule has 4 N–H and O–H groups in total. The maximum Gasteiger partial charge on any atom is 0.240 e. The van der Waals surface area contributed by atoms with Crippen molar-refractivity contribution >= 4 is 62.9 Å². The first-order valence-corrected chi connectivity index (χ1v) is 9.86. The highest BCUT2D eigenvalue weighted by Crippen LogP contribution is 2.36. The monoisotopic (exact) mass is 452 g/mol. The third-order valence-corrected chi connectivity index (χ3v) is 5.95. The van der Waals surface area contributed by atoms with Crippen molar-refractivity contribution in [3.63, 3.8) is 0 Å². The molecular formula is C19H15Cl2FN4O2S. The van der Waals surface area contributed by atoms with Crippen molar-refractivity contribution in [3.8, 4) is 0 Å². The van der Waals surface area contributed by atoms with Gasteiger partial charge in [0.05, 0.1) is 10.0 Å². The predicted molar refractivity (Wildman–Crippen MR) is 114 cm³/mol. The summed E-state index contributed by atoms with van der Waals surface area (Å²) in [6, 6.07) is 9.10. The number of nitrogen functional groups attached to an aromatic ring is 1. The smallest absolute Gasteiger partial charge is 0.240 e. The number of carbonyl (C=O) groups is 2. The first-order chi connectivity index (χ1) is 13.7. The molecule has 0 aliphatic carbocycles. The second-order valence-corrected chi connectivity index (χ2v) is 7.89. The molecule has 0 unspecified atom stereocenters. The molecule has 1 aromatic heterocycles. The van der Waals surface area contributed by atoms with Crippen molar-refractivity contribution in [1.29, 1.82) is 0 Å². The number of nitrogens with zero attached hydrogens (tertiary/aromatic N) is 2. The largest absolute Gasteiger partial charge is 0.382 e. The second-order valence-electron chi connectivity index (χ2n) is 6.09. The maximum absolute atomic E-state index is 13.3. The highest BCUT2D eigenvalue weighted by molar-refractivity contribution is 7.18. The molecule has 1 amide bonds. The van der Waals surface area contributed by atoms with Gasteiger partial charge >= 0.3 is 0 Å². The van der Waals surface area contributed by atoms with Gasteiger partial charge in [0.25, 0.3) is 0 Å². The Morgan fingerprint density at radius 1 is 1.14 bits per heavy atom. The van der Waals surface area contributed by atoms with Gasteiger partial charge in [0.2, 0.25) is 11.7 Å². The van der Waals surface area contributed by atoms with E-state index in [0.717, 1.165) is 11.3 Å². The zero-order chi connectivity index (χ0) is 21.3. The van der Waals surface area contributed by atoms with E-state index in [9.17, 15) is 14.0 Å². The fourth-order valence-electron chi connectivity index (χ4n) is 2.58. The lowest BCUT2D eigenvalue weighted by Gasteiger charge is -2.26. The van der Waals surface area contributed by atoms with Crippen LogP contribution in [0.25, 0.3) is 0 Å². The number of anilines is 3. The van der Waals surface area contributed by atoms with Gasteiger partial charge in [-0.2, -0.15) is 0 Å². The standard InChI is InChI=1S/C19H15Cl2FN4O2S/c1-9(18(24)28)26(12-5-3-11(22)4-6-12)19-25-17(23)16(29-19)15(27)10-2-7-13(20)14(21)8-10/h2-9H,23H2,1H3,(H2,24,28)/t9-/m1/s1. The number of primary amides is 1. The van der Waals surface area contributed by atoms with E-state index in [1.54, 1.807) is 6.92 Å². The van der Waals surface area contributed by atoms with Gasteiger partial charge in [-0.3, -0.25) is 9.59 Å². The van der Waals surface area contributed by atoms with Gasteiger partial charge < -0.3 is 16.4 Å². The van der Waals surface area contributed by atoms with Crippen LogP contribution in [-0.4, -0.2) is 22.7 Å². The first kappa shape index (κ1) is 21.0. The molecule has 0 radical (unpaired) electrons. The second kappa shape index (κ2) is 8.36. The molecule has 0 bridgehead atoms. The van der Waals surface area contributed by atoms with Gasteiger partial charge in [0, 0.05) is 11.3 Å². The van der Waals surface area contributed by atoms with E-state index in [1.165, 1.54) is 47.4 Å². The topological polar surface area (TPSA) is 102 Å². The molecule has 10 heteroatoms. The van der Waals surface area contributed by atoms with Gasteiger partial charge in [0.1, 0.15) is 22.6 Å². The summed E-state index contributed by atoms with van der Waals surface area (Å²) in [6.07, 6.45) is 0. The van der Waals surface area contributed by atoms with Crippen molar-refractivity contribution in [2.75, 3.05) is 10.6 Å². The van der Waals surface area contributed by atoms with Crippen LogP contribution < -0.4 is 16.4 Å². The fourth-order valence-corrected chi connectivity index (χ4v) is 3.93. The van der Waals surface area contributed by atoms with Crippen LogP contribution in [0.5, 0.6) is 0 Å². The Bertz CT molecular complexity index is 1090. The minimum atomic E-state index is -0.820. The Balaban J connectivity index is 2.04. The van der Waals surface area contributed by atoms with Crippen LogP contribution >= 0.6 is 34.5 Å². The van der Waals surface area contributed by atoms with Gasteiger partial charge in [-0.1, -0.05) is 34.5 Å². The van der Waals surface area contributed by atoms with Crippen molar-refractivity contribution in [1.82, 2.24) is 4.98 Å². The van der Waals surface area contributed by atoms with E-state index in [2.05, 4.69) is 4.98 Å². The van der Waals surface area contributed by atoms with Gasteiger partial charge in [0.15, 0.2) is 5.13 Å². The van der Waals surface area contributed by atoms with Crippen molar-refractivity contribution < 1.29 is 14.0 Å². The molecule has 3 aromatic rings. The number of thiazole rings is 1. The molecule has 1 atom stereocenters. The van der Waals surface area contributed by atoms with E-state index in [1.807, 2.05) is 0 Å². The van der Waals surface area contributed by atoms with E-state index >= 15 is 0 Å². The molecular weight excluding hydrogens is 438 g/mol. The van der Waals surface area contributed by atoms with E-state index in [0.29, 0.717) is 10.7 Å². The summed E-state index contributed by atoms with van der Waals surface area (Å²) in [5.74, 6) is -1.46. The quantitative estimate of drug-likeness (QED) is 0.539. The van der Waals surface area contributed by atoms with E-state index in [-0.39, 0.29) is 26.4 Å². The molecule has 3 rings (SSSR count). The Morgan fingerprint density at radius 3 is 2.38 bits per heavy atom. The summed E-state index contributed by atoms with van der Waals surface area (Å²) in [6.45, 7) is 1.57. The van der Waals surface area contributed by atoms with Crippen molar-refractivity contribution in [2.45, 2.75) is 13.0 Å². The Morgan fingerprint density at radius 2 is 1.79 bits per heavy atom. The van der Waals surface area contributed by atoms with E-state index < -0.39 is 23.5 Å². The Kier molecular flexibility index (Phi) is 6.07. The summed E-state index contributed by atoms with van der Waals surface area (Å²) in [5, 5.41) is 0.818. The highest BCUT2D eigenvalue weighted by atomic mass is 35.5. The molecule has 0 aliphatic heterocycles. The number of aromatic nitrogens is 1. The third-order valence-electron chi connectivity index (χ3n) is 4.14. The lowest BCUT2D eigenvalue weighted by molar-refractivity contribution is -0.118. The minimum absolute atomic E-state index is 0.00939. The SMILES string of the molecule is C[C@H](C(N)=O)N(c1ccc(F)cc1)c1nc(N)c(C(=O)c2ccc(Cl)c(Cl)c2)s1. The van der Waals surface area contributed by atoms with Crippen LogP contribution in [0.4, 0.5) is 21.0 Å². The lowest BCUT2D eigenvalue weighted by atomic mass is 10.1. The van der Waals surface area contributed by atoms with Crippen LogP contribution in [-0.2, 0) is 4.79 Å². The number of hydrogen-bond acceptors (Lipinski definition) is 6. The molecule has 0 aliphatic rings. The van der Waals surface area contributed by atoms with Crippen LogP contribution in [0.2, 0.25) is 10.0 Å². The van der Waals surface area contributed by atoms with Crippen molar-refractivity contribution in [2.24, 2.45) is 5.73 Å². The summed E-state index contributed by atoms with van der Waals surface area (Å²) >= 11 is 12.9. The molecule has 0 saturated carbocycles. The minimum Gasteiger partial charge on any atom is -0.382 e. The number of benzene rings is 2. The van der Waals surface area contributed by atoms with Crippen molar-refractivity contribution in [3.05, 3.63) is 68.8 Å². The molecule has 150 valence electrons. The maximum atomic E-state index is 13.3. The normalized spacial score (nSPS) is 11.9. The number of ketones is 1. The van der Waals surface area contributed by atoms with Crippen LogP contribution in [0.1, 0.15) is 22.2 Å². The third kappa shape index (κ3) is 4.34. The number of halogens is 3. The summed E-state index contributed by atoms with van der Waals surface area (Å²) in [7, 11) is 0. The fraction of sp³-hybridized carbons (Fsp3) is 0.105. The summed E-state index contributed by atoms with van der Waals surface area (Å²) < 4.78 is 13.3. The molecule has 0 saturated heterocycles. The molecule has 29 heavy (non-hydrogen) atoms. The predicted octanol–water partition coefficient (Wildman–Crippen LogP) is 4.41. The van der Waals surface area contributed by atoms with Crippen LogP contribution in [0, 0.1) is 5.82 Å². The zero-order valence-corrected chi connectivity index (χ0v) is 17.4. The highest BCUT2D eigenvalue weighted by Gasteiger charge is 2.27. The molecule has 1 heterocycles. The molecule has 2 aromatic carbocycles. The van der Waals surface area contributed by atoms with Gasteiger partial charge in [-0.25, -0.2) is 9.37 Å². The Hall–Kier alpha value is -2.68. The molecule has 6 nitrogen and oxygen atoms in total. The first-order valence-electron chi connectivity index (χ1n) is 8.29. The summed E-state index contributed by atoms with van der Waals surface area (Å²) in [5.41, 5.74) is 12.2. The molecule has 0 fully saturated rings. The van der Waals surface area contributed by atoms with Gasteiger partial charge in [-0.15, -0.1) is 0 Å². The number of amides is 1. The average Bonchev–Trinajstić information content (AvgIpc) is 3.06. The lowest BCUT2D eigenvalue weighted by Crippen LogP contribution is -2.39. The van der Waals surface area contributed by atoms with Gasteiger partial charge in [-0.05, 0) is 49.4 Å².